The van der Waals surface area contributed by atoms with E-state index in [1.54, 1.807) is 18.2 Å². The highest BCUT2D eigenvalue weighted by Crippen LogP contribution is 2.36. The molecule has 0 spiro atoms. The number of ether oxygens (including phenoxy) is 1. The number of benzene rings is 1. The molecule has 1 aromatic carbocycles. The van der Waals surface area contributed by atoms with Crippen molar-refractivity contribution in [1.82, 2.24) is 0 Å². The highest BCUT2D eigenvalue weighted by atomic mass is 16.5. The topological polar surface area (TPSA) is 92.9 Å². The first kappa shape index (κ1) is 12.2. The predicted octanol–water partition coefficient (Wildman–Crippen LogP) is 0.857. The summed E-state index contributed by atoms with van der Waals surface area (Å²) in [5.41, 5.74) is 6.78. The van der Waals surface area contributed by atoms with Crippen LogP contribution in [-0.4, -0.2) is 29.6 Å². The summed E-state index contributed by atoms with van der Waals surface area (Å²) in [5.74, 6) is -0.961. The van der Waals surface area contributed by atoms with E-state index in [0.717, 1.165) is 0 Å². The Morgan fingerprint density at radius 3 is 2.89 bits per heavy atom. The van der Waals surface area contributed by atoms with Gasteiger partial charge in [0.2, 0.25) is 0 Å². The average molecular weight is 250 g/mol. The van der Waals surface area contributed by atoms with Gasteiger partial charge in [-0.2, -0.15) is 0 Å². The molecule has 1 atom stereocenters. The fourth-order valence-corrected chi connectivity index (χ4v) is 1.96. The maximum atomic E-state index is 12.0. The Balaban J connectivity index is 2.39. The summed E-state index contributed by atoms with van der Waals surface area (Å²) < 4.78 is 5.42. The lowest BCUT2D eigenvalue weighted by Gasteiger charge is -2.33. The molecule has 2 rings (SSSR count). The van der Waals surface area contributed by atoms with Gasteiger partial charge < -0.3 is 20.5 Å². The molecule has 0 aliphatic carbocycles. The molecule has 0 radical (unpaired) electrons. The number of rotatable bonds is 3. The highest BCUT2D eigenvalue weighted by Gasteiger charge is 2.34. The van der Waals surface area contributed by atoms with E-state index in [4.69, 9.17) is 15.6 Å². The Hall–Kier alpha value is -2.24. The van der Waals surface area contributed by atoms with Gasteiger partial charge in [-0.1, -0.05) is 0 Å². The first-order valence-electron chi connectivity index (χ1n) is 5.62. The van der Waals surface area contributed by atoms with E-state index >= 15 is 0 Å². The van der Waals surface area contributed by atoms with E-state index in [0.29, 0.717) is 23.7 Å². The van der Waals surface area contributed by atoms with Crippen LogP contribution in [0.15, 0.2) is 18.2 Å². The molecule has 1 aliphatic heterocycles. The molecule has 0 saturated carbocycles. The largest absolute Gasteiger partial charge is 0.481 e. The van der Waals surface area contributed by atoms with Crippen LogP contribution in [0.2, 0.25) is 0 Å². The van der Waals surface area contributed by atoms with Gasteiger partial charge in [0.05, 0.1) is 12.1 Å². The Kier molecular flexibility index (Phi) is 3.10. The summed E-state index contributed by atoms with van der Waals surface area (Å²) in [5, 5.41) is 8.77. The van der Waals surface area contributed by atoms with Crippen LogP contribution in [0.5, 0.6) is 5.75 Å². The minimum absolute atomic E-state index is 0.336. The van der Waals surface area contributed by atoms with Crippen LogP contribution < -0.4 is 15.4 Å². The number of anilines is 2. The van der Waals surface area contributed by atoms with Gasteiger partial charge in [-0.3, -0.25) is 9.59 Å². The average Bonchev–Trinajstić information content (AvgIpc) is 2.30. The van der Waals surface area contributed by atoms with E-state index in [9.17, 15) is 9.59 Å². The van der Waals surface area contributed by atoms with Gasteiger partial charge in [0.25, 0.3) is 5.91 Å². The number of carboxylic acids is 1. The standard InChI is InChI=1S/C12H14N2O4/c1-2-14-8-4-3-7(13)5-9(8)18-10(12(14)17)6-11(15)16/h3-5,10H,2,6,13H2,1H3,(H,15,16). The summed E-state index contributed by atoms with van der Waals surface area (Å²) in [4.78, 5) is 24.3. The van der Waals surface area contributed by atoms with Crippen molar-refractivity contribution >= 4 is 23.3 Å². The van der Waals surface area contributed by atoms with E-state index in [1.165, 1.54) is 4.90 Å². The predicted molar refractivity (Wildman–Crippen MR) is 65.6 cm³/mol. The molecule has 6 nitrogen and oxygen atoms in total. The third kappa shape index (κ3) is 2.09. The summed E-state index contributed by atoms with van der Waals surface area (Å²) in [6.07, 6.45) is -1.35. The molecule has 3 N–H and O–H groups in total. The molecule has 6 heteroatoms. The Morgan fingerprint density at radius 2 is 2.28 bits per heavy atom. The van der Waals surface area contributed by atoms with Crippen molar-refractivity contribution in [2.45, 2.75) is 19.4 Å². The van der Waals surface area contributed by atoms with Gasteiger partial charge in [0, 0.05) is 18.3 Å². The fourth-order valence-electron chi connectivity index (χ4n) is 1.96. The number of carbonyl (C=O) groups excluding carboxylic acids is 1. The summed E-state index contributed by atoms with van der Waals surface area (Å²) in [7, 11) is 0. The Morgan fingerprint density at radius 1 is 1.56 bits per heavy atom. The molecule has 1 aromatic rings. The maximum Gasteiger partial charge on any atom is 0.307 e. The number of likely N-dealkylation sites (N-methyl/N-ethyl adjacent to an activating group) is 1. The molecule has 96 valence electrons. The van der Waals surface area contributed by atoms with Crippen LogP contribution in [0.3, 0.4) is 0 Å². The number of aliphatic carboxylic acids is 1. The molecule has 0 aromatic heterocycles. The zero-order chi connectivity index (χ0) is 13.3. The number of hydrogen-bond acceptors (Lipinski definition) is 4. The fraction of sp³-hybridized carbons (Fsp3) is 0.333. The molecular weight excluding hydrogens is 236 g/mol. The van der Waals surface area contributed by atoms with Crippen LogP contribution in [-0.2, 0) is 9.59 Å². The quantitative estimate of drug-likeness (QED) is 0.776. The normalized spacial score (nSPS) is 18.2. The van der Waals surface area contributed by atoms with Crippen molar-refractivity contribution < 1.29 is 19.4 Å². The molecule has 1 unspecified atom stereocenters. The Labute approximate surface area is 104 Å². The van der Waals surface area contributed by atoms with Crippen LogP contribution in [0.1, 0.15) is 13.3 Å². The van der Waals surface area contributed by atoms with Crippen molar-refractivity contribution in [1.29, 1.82) is 0 Å². The number of nitrogens with zero attached hydrogens (tertiary/aromatic N) is 1. The first-order valence-corrected chi connectivity index (χ1v) is 5.62. The minimum Gasteiger partial charge on any atom is -0.481 e. The van der Waals surface area contributed by atoms with Crippen molar-refractivity contribution in [3.63, 3.8) is 0 Å². The third-order valence-electron chi connectivity index (χ3n) is 2.76. The van der Waals surface area contributed by atoms with Crippen molar-refractivity contribution in [2.75, 3.05) is 17.2 Å². The number of nitrogen functional groups attached to an aromatic ring is 1. The van der Waals surface area contributed by atoms with E-state index in [2.05, 4.69) is 0 Å². The summed E-state index contributed by atoms with van der Waals surface area (Å²) >= 11 is 0. The van der Waals surface area contributed by atoms with E-state index in [1.807, 2.05) is 6.92 Å². The van der Waals surface area contributed by atoms with Crippen molar-refractivity contribution in [3.8, 4) is 5.75 Å². The first-order chi connectivity index (χ1) is 8.52. The third-order valence-corrected chi connectivity index (χ3v) is 2.76. The zero-order valence-electron chi connectivity index (χ0n) is 9.92. The van der Waals surface area contributed by atoms with E-state index < -0.39 is 12.1 Å². The molecule has 1 amide bonds. The van der Waals surface area contributed by atoms with Crippen LogP contribution in [0, 0.1) is 0 Å². The zero-order valence-corrected chi connectivity index (χ0v) is 9.92. The molecule has 0 saturated heterocycles. The molecule has 1 aliphatic rings. The summed E-state index contributed by atoms with van der Waals surface area (Å²) in [6.45, 7) is 2.27. The van der Waals surface area contributed by atoms with Crippen molar-refractivity contribution in [2.24, 2.45) is 0 Å². The van der Waals surface area contributed by atoms with E-state index in [-0.39, 0.29) is 12.3 Å². The number of hydrogen-bond donors (Lipinski definition) is 2. The monoisotopic (exact) mass is 250 g/mol. The highest BCUT2D eigenvalue weighted by molar-refractivity contribution is 6.01. The molecule has 18 heavy (non-hydrogen) atoms. The molecule has 1 heterocycles. The second-order valence-electron chi connectivity index (χ2n) is 4.01. The van der Waals surface area contributed by atoms with Gasteiger partial charge >= 0.3 is 5.97 Å². The van der Waals surface area contributed by atoms with Crippen LogP contribution in [0.25, 0.3) is 0 Å². The minimum atomic E-state index is -1.07. The Bertz CT molecular complexity index is 501. The van der Waals surface area contributed by atoms with Gasteiger partial charge in [0.15, 0.2) is 6.10 Å². The second kappa shape index (κ2) is 4.56. The second-order valence-corrected chi connectivity index (χ2v) is 4.01. The lowest BCUT2D eigenvalue weighted by atomic mass is 10.1. The number of carboxylic acid groups (broad SMARTS) is 1. The number of fused-ring (bicyclic) bond motifs is 1. The summed E-state index contributed by atoms with van der Waals surface area (Å²) in [6, 6.07) is 4.97. The van der Waals surface area contributed by atoms with Crippen molar-refractivity contribution in [3.05, 3.63) is 18.2 Å². The van der Waals surface area contributed by atoms with Gasteiger partial charge in [-0.05, 0) is 19.1 Å². The number of nitrogens with two attached hydrogens (primary N) is 1. The molecule has 0 fully saturated rings. The smallest absolute Gasteiger partial charge is 0.307 e. The molecule has 0 bridgehead atoms. The molecular formula is C12H14N2O4. The van der Waals surface area contributed by atoms with Gasteiger partial charge in [-0.15, -0.1) is 0 Å². The lowest BCUT2D eigenvalue weighted by molar-refractivity contribution is -0.142. The number of amides is 1. The van der Waals surface area contributed by atoms with Gasteiger partial charge in [0.1, 0.15) is 5.75 Å². The number of carbonyl (C=O) groups is 2. The SMILES string of the molecule is CCN1C(=O)C(CC(=O)O)Oc2cc(N)ccc21. The maximum absolute atomic E-state index is 12.0. The van der Waals surface area contributed by atoms with Crippen LogP contribution in [0.4, 0.5) is 11.4 Å². The lowest BCUT2D eigenvalue weighted by Crippen LogP contribution is -2.46. The van der Waals surface area contributed by atoms with Crippen LogP contribution >= 0.6 is 0 Å². The van der Waals surface area contributed by atoms with Gasteiger partial charge in [-0.25, -0.2) is 0 Å².